The van der Waals surface area contributed by atoms with Gasteiger partial charge in [-0.05, 0) is 24.6 Å². The summed E-state index contributed by atoms with van der Waals surface area (Å²) in [6.07, 6.45) is 1.81. The summed E-state index contributed by atoms with van der Waals surface area (Å²) in [6, 6.07) is 4.53. The molecule has 0 aliphatic carbocycles. The largest absolute Gasteiger partial charge is 0.361 e. The average molecular weight is 420 g/mol. The number of nitro benzene ring substituents is 1. The Kier molecular flexibility index (Phi) is 5.90. The zero-order valence-electron chi connectivity index (χ0n) is 17.1. The maximum Gasteiger partial charge on any atom is 0.269 e. The molecule has 2 heterocycles. The van der Waals surface area contributed by atoms with E-state index in [9.17, 15) is 19.3 Å². The Hall–Kier alpha value is -2.52. The normalized spacial score (nSPS) is 16.4. The Balaban J connectivity index is 1.91. The van der Waals surface area contributed by atoms with Gasteiger partial charge in [-0.1, -0.05) is 19.6 Å². The molecular weight excluding hydrogens is 393 g/mol. The molecule has 1 amide bonds. The third kappa shape index (κ3) is 4.56. The molecule has 1 aliphatic heterocycles. The molecule has 0 saturated carbocycles. The summed E-state index contributed by atoms with van der Waals surface area (Å²) in [5, 5.41) is 13.9. The monoisotopic (exact) mass is 419 g/mol. The molecule has 1 aliphatic rings. The van der Waals surface area contributed by atoms with E-state index in [1.807, 2.05) is 11.5 Å². The molecule has 29 heavy (non-hydrogen) atoms. The third-order valence-electron chi connectivity index (χ3n) is 5.24. The number of hydrogen-bond acceptors (Lipinski definition) is 4. The molecule has 3 rings (SSSR count). The van der Waals surface area contributed by atoms with Crippen molar-refractivity contribution in [3.05, 3.63) is 62.7 Å². The van der Waals surface area contributed by atoms with E-state index in [2.05, 4.69) is 25.0 Å². The first-order valence-electron chi connectivity index (χ1n) is 9.58. The van der Waals surface area contributed by atoms with Crippen LogP contribution in [0.4, 0.5) is 10.1 Å². The Bertz CT molecular complexity index is 952. The van der Waals surface area contributed by atoms with Crippen molar-refractivity contribution in [2.75, 3.05) is 13.2 Å². The van der Waals surface area contributed by atoms with Crippen LogP contribution in [0.3, 0.4) is 0 Å². The van der Waals surface area contributed by atoms with Gasteiger partial charge in [-0.3, -0.25) is 14.9 Å². The summed E-state index contributed by atoms with van der Waals surface area (Å²) < 4.78 is 22.2. The second-order valence-electron chi connectivity index (χ2n) is 8.59. The summed E-state index contributed by atoms with van der Waals surface area (Å²) >= 11 is 0. The number of nitrogens with zero attached hydrogens (tertiary/aromatic N) is 2. The van der Waals surface area contributed by atoms with Gasteiger partial charge in [0.15, 0.2) is 0 Å². The highest BCUT2D eigenvalue weighted by molar-refractivity contribution is 6.76. The molecule has 0 bridgehead atoms. The van der Waals surface area contributed by atoms with E-state index in [4.69, 9.17) is 4.74 Å². The van der Waals surface area contributed by atoms with Crippen molar-refractivity contribution < 1.29 is 18.8 Å². The first-order chi connectivity index (χ1) is 13.6. The Morgan fingerprint density at radius 1 is 1.34 bits per heavy atom. The van der Waals surface area contributed by atoms with Gasteiger partial charge in [-0.25, -0.2) is 4.39 Å². The lowest BCUT2D eigenvalue weighted by atomic mass is 9.86. The SMILES string of the molecule is Cc1c2c(cn1COCC[Si](C)(C)C)C(c1cc([N+](=O)[O-])ccc1F)CNC2=O. The van der Waals surface area contributed by atoms with Crippen LogP contribution in [-0.2, 0) is 11.5 Å². The van der Waals surface area contributed by atoms with Gasteiger partial charge in [-0.2, -0.15) is 0 Å². The molecule has 1 atom stereocenters. The molecule has 0 radical (unpaired) electrons. The van der Waals surface area contributed by atoms with Gasteiger partial charge in [0, 0.05) is 56.7 Å². The van der Waals surface area contributed by atoms with Crippen LogP contribution in [0.5, 0.6) is 0 Å². The first-order valence-corrected chi connectivity index (χ1v) is 13.3. The van der Waals surface area contributed by atoms with Crippen LogP contribution in [0.2, 0.25) is 25.7 Å². The van der Waals surface area contributed by atoms with Crippen molar-refractivity contribution in [1.82, 2.24) is 9.88 Å². The summed E-state index contributed by atoms with van der Waals surface area (Å²) in [7, 11) is -1.20. The highest BCUT2D eigenvalue weighted by Crippen LogP contribution is 2.35. The lowest BCUT2D eigenvalue weighted by molar-refractivity contribution is -0.385. The number of amides is 1. The van der Waals surface area contributed by atoms with E-state index in [0.717, 1.165) is 23.9 Å². The van der Waals surface area contributed by atoms with Crippen LogP contribution in [-0.4, -0.2) is 36.6 Å². The highest BCUT2D eigenvalue weighted by Gasteiger charge is 2.33. The number of carbonyl (C=O) groups is 1. The zero-order chi connectivity index (χ0) is 21.3. The Labute approximate surface area is 170 Å². The number of halogens is 1. The molecule has 0 saturated heterocycles. The second-order valence-corrected chi connectivity index (χ2v) is 14.2. The minimum absolute atomic E-state index is 0.175. The summed E-state index contributed by atoms with van der Waals surface area (Å²) in [4.78, 5) is 23.0. The predicted octanol–water partition coefficient (Wildman–Crippen LogP) is 4.03. The second kappa shape index (κ2) is 8.07. The maximum atomic E-state index is 14.5. The van der Waals surface area contributed by atoms with Crippen molar-refractivity contribution in [3.63, 3.8) is 0 Å². The van der Waals surface area contributed by atoms with E-state index in [1.165, 1.54) is 6.07 Å². The average Bonchev–Trinajstić information content (AvgIpc) is 2.96. The van der Waals surface area contributed by atoms with Crippen molar-refractivity contribution in [2.45, 2.75) is 45.3 Å². The summed E-state index contributed by atoms with van der Waals surface area (Å²) in [6.45, 7) is 9.79. The number of rotatable bonds is 7. The topological polar surface area (TPSA) is 86.4 Å². The summed E-state index contributed by atoms with van der Waals surface area (Å²) in [5.74, 6) is -1.25. The lowest BCUT2D eigenvalue weighted by Crippen LogP contribution is -2.35. The number of nitrogens with one attached hydrogen (secondary N) is 1. The molecule has 7 nitrogen and oxygen atoms in total. The van der Waals surface area contributed by atoms with Gasteiger partial charge in [0.1, 0.15) is 12.5 Å². The highest BCUT2D eigenvalue weighted by atomic mass is 28.3. The van der Waals surface area contributed by atoms with Gasteiger partial charge >= 0.3 is 0 Å². The van der Waals surface area contributed by atoms with Crippen LogP contribution in [0.1, 0.15) is 33.1 Å². The van der Waals surface area contributed by atoms with Crippen molar-refractivity contribution in [3.8, 4) is 0 Å². The number of nitro groups is 1. The van der Waals surface area contributed by atoms with E-state index in [1.54, 1.807) is 6.20 Å². The quantitative estimate of drug-likeness (QED) is 0.318. The number of carbonyl (C=O) groups excluding carboxylic acids is 1. The number of ether oxygens (including phenoxy) is 1. The number of hydrogen-bond donors (Lipinski definition) is 1. The molecule has 0 spiro atoms. The standard InChI is InChI=1S/C20H26FN3O4Si/c1-13-19-17(11-23(13)12-28-7-8-29(2,3)4)16(10-22-20(19)25)15-9-14(24(26)27)5-6-18(15)21/h5-6,9,11,16H,7-8,10,12H2,1-4H3,(H,22,25). The van der Waals surface area contributed by atoms with Gasteiger partial charge < -0.3 is 14.6 Å². The zero-order valence-corrected chi connectivity index (χ0v) is 18.1. The molecular formula is C20H26FN3O4Si. The molecule has 9 heteroatoms. The fourth-order valence-corrected chi connectivity index (χ4v) is 4.26. The van der Waals surface area contributed by atoms with Crippen LogP contribution in [0, 0.1) is 22.9 Å². The van der Waals surface area contributed by atoms with E-state index in [-0.39, 0.29) is 23.7 Å². The number of aromatic nitrogens is 1. The van der Waals surface area contributed by atoms with Crippen molar-refractivity contribution in [1.29, 1.82) is 0 Å². The van der Waals surface area contributed by atoms with Gasteiger partial charge in [-0.15, -0.1) is 0 Å². The molecule has 156 valence electrons. The van der Waals surface area contributed by atoms with Crippen LogP contribution < -0.4 is 5.32 Å². The molecule has 1 N–H and O–H groups in total. The minimum atomic E-state index is -1.20. The lowest BCUT2D eigenvalue weighted by Gasteiger charge is -2.24. The predicted molar refractivity (Wildman–Crippen MR) is 111 cm³/mol. The minimum Gasteiger partial charge on any atom is -0.361 e. The smallest absolute Gasteiger partial charge is 0.269 e. The van der Waals surface area contributed by atoms with Crippen LogP contribution in [0.15, 0.2) is 24.4 Å². The third-order valence-corrected chi connectivity index (χ3v) is 6.94. The number of fused-ring (bicyclic) bond motifs is 1. The van der Waals surface area contributed by atoms with Crippen LogP contribution >= 0.6 is 0 Å². The Morgan fingerprint density at radius 3 is 2.72 bits per heavy atom. The maximum absolute atomic E-state index is 14.5. The van der Waals surface area contributed by atoms with E-state index < -0.39 is 24.7 Å². The van der Waals surface area contributed by atoms with E-state index >= 15 is 0 Å². The molecule has 1 aromatic heterocycles. The van der Waals surface area contributed by atoms with Gasteiger partial charge in [0.2, 0.25) is 0 Å². The van der Waals surface area contributed by atoms with Gasteiger partial charge in [0.25, 0.3) is 11.6 Å². The Morgan fingerprint density at radius 2 is 2.07 bits per heavy atom. The fourth-order valence-electron chi connectivity index (χ4n) is 3.50. The molecule has 1 unspecified atom stereocenters. The van der Waals surface area contributed by atoms with E-state index in [0.29, 0.717) is 24.5 Å². The van der Waals surface area contributed by atoms with Crippen LogP contribution in [0.25, 0.3) is 0 Å². The molecule has 1 aromatic carbocycles. The van der Waals surface area contributed by atoms with Gasteiger partial charge in [0.05, 0.1) is 10.5 Å². The molecule has 0 fully saturated rings. The molecule has 2 aromatic rings. The fraction of sp³-hybridized carbons (Fsp3) is 0.450. The number of benzene rings is 1. The van der Waals surface area contributed by atoms with Crippen molar-refractivity contribution >= 4 is 19.7 Å². The summed E-state index contributed by atoms with van der Waals surface area (Å²) in [5.41, 5.74) is 1.92. The number of non-ortho nitro benzene ring substituents is 1. The van der Waals surface area contributed by atoms with Crippen molar-refractivity contribution in [2.24, 2.45) is 0 Å². The first kappa shape index (κ1) is 21.2.